The van der Waals surface area contributed by atoms with Crippen LogP contribution in [0.2, 0.25) is 0 Å². The molecule has 2 rings (SSSR count). The van der Waals surface area contributed by atoms with Gasteiger partial charge in [-0.1, -0.05) is 13.0 Å². The van der Waals surface area contributed by atoms with Crippen molar-refractivity contribution in [1.82, 2.24) is 4.98 Å². The average Bonchev–Trinajstić information content (AvgIpc) is 2.39. The Kier molecular flexibility index (Phi) is 3.48. The van der Waals surface area contributed by atoms with Crippen LogP contribution in [0.1, 0.15) is 38.3 Å². The van der Waals surface area contributed by atoms with E-state index in [1.165, 1.54) is 0 Å². The van der Waals surface area contributed by atoms with Gasteiger partial charge in [-0.3, -0.25) is 4.98 Å². The molecule has 92 valence electrons. The smallest absolute Gasteiger partial charge is 0.104 e. The first-order valence-electron chi connectivity index (χ1n) is 6.12. The summed E-state index contributed by atoms with van der Waals surface area (Å²) in [6, 6.07) is 5.75. The van der Waals surface area contributed by atoms with Crippen molar-refractivity contribution in [3.8, 4) is 0 Å². The molecule has 1 aromatic rings. The third kappa shape index (κ3) is 2.20. The van der Waals surface area contributed by atoms with E-state index in [-0.39, 0.29) is 0 Å². The van der Waals surface area contributed by atoms with Crippen molar-refractivity contribution in [3.05, 3.63) is 35.8 Å². The summed E-state index contributed by atoms with van der Waals surface area (Å²) in [6.07, 6.45) is 5.06. The van der Waals surface area contributed by atoms with Gasteiger partial charge >= 0.3 is 0 Å². The summed E-state index contributed by atoms with van der Waals surface area (Å²) in [4.78, 5) is 4.35. The lowest BCUT2D eigenvalue weighted by Crippen LogP contribution is -2.33. The van der Waals surface area contributed by atoms with E-state index in [1.54, 1.807) is 13.3 Å². The molecule has 0 saturated heterocycles. The molecule has 1 atom stereocenters. The maximum atomic E-state index is 10.7. The van der Waals surface area contributed by atoms with E-state index in [1.807, 2.05) is 25.1 Å². The minimum atomic E-state index is -0.794. The third-order valence-corrected chi connectivity index (χ3v) is 3.49. The SMILES string of the molecule is CC[C@@]1(O)CCCC(OC)=C1c1ccccn1. The monoisotopic (exact) mass is 233 g/mol. The fourth-order valence-corrected chi connectivity index (χ4v) is 2.50. The second kappa shape index (κ2) is 4.88. The minimum absolute atomic E-state index is 0.686. The number of allylic oxidation sites excluding steroid dienone is 1. The summed E-state index contributed by atoms with van der Waals surface area (Å²) >= 11 is 0. The molecule has 1 aliphatic carbocycles. The van der Waals surface area contributed by atoms with Crippen LogP contribution < -0.4 is 0 Å². The Labute approximate surface area is 102 Å². The standard InChI is InChI=1S/C14H19NO2/c1-3-14(16)9-6-8-12(17-2)13(14)11-7-4-5-10-15-11/h4-5,7,10,16H,3,6,8-9H2,1-2H3/t14-/m1/s1. The van der Waals surface area contributed by atoms with Crippen LogP contribution in [-0.4, -0.2) is 22.8 Å². The van der Waals surface area contributed by atoms with Gasteiger partial charge in [-0.2, -0.15) is 0 Å². The van der Waals surface area contributed by atoms with Gasteiger partial charge in [0.15, 0.2) is 0 Å². The molecule has 0 radical (unpaired) electrons. The number of aromatic nitrogens is 1. The van der Waals surface area contributed by atoms with Crippen LogP contribution in [0.4, 0.5) is 0 Å². The molecule has 17 heavy (non-hydrogen) atoms. The second-order valence-electron chi connectivity index (χ2n) is 4.46. The molecule has 1 aliphatic rings. The van der Waals surface area contributed by atoms with E-state index in [4.69, 9.17) is 4.74 Å². The van der Waals surface area contributed by atoms with Crippen molar-refractivity contribution in [2.75, 3.05) is 7.11 Å². The maximum Gasteiger partial charge on any atom is 0.104 e. The van der Waals surface area contributed by atoms with Crippen molar-refractivity contribution in [2.24, 2.45) is 0 Å². The van der Waals surface area contributed by atoms with Gasteiger partial charge in [-0.05, 0) is 31.4 Å². The van der Waals surface area contributed by atoms with Crippen LogP contribution in [0.5, 0.6) is 0 Å². The van der Waals surface area contributed by atoms with Gasteiger partial charge in [-0.25, -0.2) is 0 Å². The highest BCUT2D eigenvalue weighted by molar-refractivity contribution is 5.72. The van der Waals surface area contributed by atoms with Crippen LogP contribution in [-0.2, 0) is 4.74 Å². The van der Waals surface area contributed by atoms with Crippen LogP contribution in [0.3, 0.4) is 0 Å². The highest BCUT2D eigenvalue weighted by Crippen LogP contribution is 2.41. The first-order chi connectivity index (χ1) is 8.21. The summed E-state index contributed by atoms with van der Waals surface area (Å²) in [6.45, 7) is 2.00. The summed E-state index contributed by atoms with van der Waals surface area (Å²) in [5.74, 6) is 0.874. The number of hydrogen-bond acceptors (Lipinski definition) is 3. The van der Waals surface area contributed by atoms with Gasteiger partial charge in [0.05, 0.1) is 18.4 Å². The van der Waals surface area contributed by atoms with Crippen molar-refractivity contribution in [2.45, 2.75) is 38.2 Å². The molecular formula is C14H19NO2. The highest BCUT2D eigenvalue weighted by Gasteiger charge is 2.37. The topological polar surface area (TPSA) is 42.4 Å². The number of ether oxygens (including phenoxy) is 1. The molecule has 0 aromatic carbocycles. The number of methoxy groups -OCH3 is 1. The lowest BCUT2D eigenvalue weighted by molar-refractivity contribution is 0.0713. The molecule has 1 heterocycles. The Balaban J connectivity index is 2.53. The van der Waals surface area contributed by atoms with Gasteiger partial charge in [0.25, 0.3) is 0 Å². The minimum Gasteiger partial charge on any atom is -0.501 e. The van der Waals surface area contributed by atoms with Crippen LogP contribution >= 0.6 is 0 Å². The molecule has 1 N–H and O–H groups in total. The molecule has 0 aliphatic heterocycles. The number of hydrogen-bond donors (Lipinski definition) is 1. The van der Waals surface area contributed by atoms with E-state index >= 15 is 0 Å². The Morgan fingerprint density at radius 1 is 1.47 bits per heavy atom. The zero-order chi connectivity index (χ0) is 12.3. The second-order valence-corrected chi connectivity index (χ2v) is 4.46. The van der Waals surface area contributed by atoms with Gasteiger partial charge < -0.3 is 9.84 Å². The number of aliphatic hydroxyl groups is 1. The van der Waals surface area contributed by atoms with Gasteiger partial charge in [0.1, 0.15) is 5.76 Å². The van der Waals surface area contributed by atoms with Crippen LogP contribution in [0.25, 0.3) is 5.57 Å². The highest BCUT2D eigenvalue weighted by atomic mass is 16.5. The predicted octanol–water partition coefficient (Wildman–Crippen LogP) is 2.76. The van der Waals surface area contributed by atoms with E-state index in [0.29, 0.717) is 6.42 Å². The number of rotatable bonds is 3. The zero-order valence-electron chi connectivity index (χ0n) is 10.4. The van der Waals surface area contributed by atoms with Gasteiger partial charge in [0, 0.05) is 18.2 Å². The van der Waals surface area contributed by atoms with Gasteiger partial charge in [-0.15, -0.1) is 0 Å². The Morgan fingerprint density at radius 2 is 2.29 bits per heavy atom. The van der Waals surface area contributed by atoms with Crippen molar-refractivity contribution in [3.63, 3.8) is 0 Å². The number of pyridine rings is 1. The largest absolute Gasteiger partial charge is 0.501 e. The lowest BCUT2D eigenvalue weighted by atomic mass is 9.78. The van der Waals surface area contributed by atoms with Crippen molar-refractivity contribution >= 4 is 5.57 Å². The van der Waals surface area contributed by atoms with E-state index in [2.05, 4.69) is 4.98 Å². The van der Waals surface area contributed by atoms with Crippen molar-refractivity contribution < 1.29 is 9.84 Å². The molecule has 0 unspecified atom stereocenters. The van der Waals surface area contributed by atoms with E-state index in [0.717, 1.165) is 36.3 Å². The maximum absolute atomic E-state index is 10.7. The third-order valence-electron chi connectivity index (χ3n) is 3.49. The fraction of sp³-hybridized carbons (Fsp3) is 0.500. The first-order valence-corrected chi connectivity index (χ1v) is 6.12. The van der Waals surface area contributed by atoms with Crippen LogP contribution in [0, 0.1) is 0 Å². The molecule has 1 aromatic heterocycles. The van der Waals surface area contributed by atoms with Crippen LogP contribution in [0.15, 0.2) is 30.2 Å². The Morgan fingerprint density at radius 3 is 2.88 bits per heavy atom. The molecule has 0 bridgehead atoms. The average molecular weight is 233 g/mol. The molecule has 0 fully saturated rings. The summed E-state index contributed by atoms with van der Waals surface area (Å²) in [7, 11) is 1.67. The predicted molar refractivity (Wildman–Crippen MR) is 67.3 cm³/mol. The fourth-order valence-electron chi connectivity index (χ4n) is 2.50. The lowest BCUT2D eigenvalue weighted by Gasteiger charge is -2.35. The normalized spacial score (nSPS) is 24.9. The molecule has 3 nitrogen and oxygen atoms in total. The Bertz CT molecular complexity index is 413. The molecule has 0 saturated carbocycles. The zero-order valence-corrected chi connectivity index (χ0v) is 10.4. The summed E-state index contributed by atoms with van der Waals surface area (Å²) in [5.41, 5.74) is 0.903. The summed E-state index contributed by atoms with van der Waals surface area (Å²) in [5, 5.41) is 10.7. The first kappa shape index (κ1) is 12.1. The molecule has 3 heteroatoms. The van der Waals surface area contributed by atoms with E-state index < -0.39 is 5.60 Å². The number of nitrogens with zero attached hydrogens (tertiary/aromatic N) is 1. The molecule has 0 amide bonds. The molecule has 0 spiro atoms. The van der Waals surface area contributed by atoms with Gasteiger partial charge in [0.2, 0.25) is 0 Å². The van der Waals surface area contributed by atoms with Crippen molar-refractivity contribution in [1.29, 1.82) is 0 Å². The quantitative estimate of drug-likeness (QED) is 0.873. The summed E-state index contributed by atoms with van der Waals surface area (Å²) < 4.78 is 5.44. The van der Waals surface area contributed by atoms with E-state index in [9.17, 15) is 5.11 Å². The molecular weight excluding hydrogens is 214 g/mol. The Hall–Kier alpha value is -1.35.